The molecule has 23 heavy (non-hydrogen) atoms. The second kappa shape index (κ2) is 8.67. The highest BCUT2D eigenvalue weighted by molar-refractivity contribution is 5.77. The number of rotatable bonds is 6. The molecular weight excluding hydrogens is 290 g/mol. The van der Waals surface area contributed by atoms with E-state index in [1.807, 2.05) is 23.1 Å². The van der Waals surface area contributed by atoms with Crippen LogP contribution >= 0.6 is 0 Å². The van der Waals surface area contributed by atoms with Crippen LogP contribution in [0.25, 0.3) is 0 Å². The third-order valence-electron chi connectivity index (χ3n) is 4.42. The molecule has 0 radical (unpaired) electrons. The van der Waals surface area contributed by atoms with Crippen molar-refractivity contribution in [3.63, 3.8) is 0 Å². The zero-order valence-electron chi connectivity index (χ0n) is 14.2. The van der Waals surface area contributed by atoms with Gasteiger partial charge in [-0.25, -0.2) is 0 Å². The van der Waals surface area contributed by atoms with Crippen molar-refractivity contribution in [2.24, 2.45) is 0 Å². The van der Waals surface area contributed by atoms with E-state index in [4.69, 9.17) is 0 Å². The SMILES string of the molecule is CCN(CCC(=O)N1CCN(C(C)=O)CC1)Cc1ccccc1. The van der Waals surface area contributed by atoms with E-state index in [-0.39, 0.29) is 11.8 Å². The second-order valence-electron chi connectivity index (χ2n) is 5.99. The zero-order chi connectivity index (χ0) is 16.7. The number of carbonyl (C=O) groups is 2. The van der Waals surface area contributed by atoms with E-state index in [0.717, 1.165) is 19.6 Å². The van der Waals surface area contributed by atoms with E-state index < -0.39 is 0 Å². The second-order valence-corrected chi connectivity index (χ2v) is 5.99. The molecule has 0 spiro atoms. The van der Waals surface area contributed by atoms with Gasteiger partial charge in [-0.05, 0) is 12.1 Å². The fourth-order valence-corrected chi connectivity index (χ4v) is 2.87. The first kappa shape index (κ1) is 17.5. The van der Waals surface area contributed by atoms with Crippen LogP contribution < -0.4 is 0 Å². The van der Waals surface area contributed by atoms with Crippen molar-refractivity contribution in [2.45, 2.75) is 26.8 Å². The minimum atomic E-state index is 0.0946. The van der Waals surface area contributed by atoms with Crippen LogP contribution in [0, 0.1) is 0 Å². The maximum Gasteiger partial charge on any atom is 0.223 e. The Hall–Kier alpha value is -1.88. The van der Waals surface area contributed by atoms with Gasteiger partial charge in [0.2, 0.25) is 11.8 Å². The molecule has 2 amide bonds. The summed E-state index contributed by atoms with van der Waals surface area (Å²) >= 11 is 0. The average molecular weight is 317 g/mol. The number of carbonyl (C=O) groups excluding carboxylic acids is 2. The Morgan fingerprint density at radius 3 is 2.22 bits per heavy atom. The van der Waals surface area contributed by atoms with Gasteiger partial charge in [-0.1, -0.05) is 37.3 Å². The first-order valence-electron chi connectivity index (χ1n) is 8.39. The van der Waals surface area contributed by atoms with Crippen molar-refractivity contribution in [1.29, 1.82) is 0 Å². The molecule has 0 aliphatic carbocycles. The summed E-state index contributed by atoms with van der Waals surface area (Å²) in [6.07, 6.45) is 0.542. The van der Waals surface area contributed by atoms with Crippen molar-refractivity contribution in [2.75, 3.05) is 39.3 Å². The summed E-state index contributed by atoms with van der Waals surface area (Å²) in [6.45, 7) is 8.91. The van der Waals surface area contributed by atoms with Crippen molar-refractivity contribution in [1.82, 2.24) is 14.7 Å². The van der Waals surface area contributed by atoms with Crippen molar-refractivity contribution in [3.8, 4) is 0 Å². The molecule has 1 heterocycles. The highest BCUT2D eigenvalue weighted by atomic mass is 16.2. The molecule has 1 aromatic carbocycles. The van der Waals surface area contributed by atoms with Crippen molar-refractivity contribution >= 4 is 11.8 Å². The van der Waals surface area contributed by atoms with Gasteiger partial charge < -0.3 is 9.80 Å². The lowest BCUT2D eigenvalue weighted by atomic mass is 10.2. The predicted molar refractivity (Wildman–Crippen MR) is 90.8 cm³/mol. The predicted octanol–water partition coefficient (Wildman–Crippen LogP) is 1.59. The van der Waals surface area contributed by atoms with Crippen LogP contribution in [0.1, 0.15) is 25.8 Å². The minimum Gasteiger partial charge on any atom is -0.339 e. The molecule has 126 valence electrons. The maximum atomic E-state index is 12.3. The lowest BCUT2D eigenvalue weighted by Gasteiger charge is -2.34. The fraction of sp³-hybridized carbons (Fsp3) is 0.556. The lowest BCUT2D eigenvalue weighted by Crippen LogP contribution is -2.50. The maximum absolute atomic E-state index is 12.3. The summed E-state index contributed by atoms with van der Waals surface area (Å²) in [5.41, 5.74) is 1.27. The highest BCUT2D eigenvalue weighted by Gasteiger charge is 2.22. The third-order valence-corrected chi connectivity index (χ3v) is 4.42. The topological polar surface area (TPSA) is 43.9 Å². The number of hydrogen-bond acceptors (Lipinski definition) is 3. The van der Waals surface area contributed by atoms with Crippen LogP contribution in [0.3, 0.4) is 0 Å². The summed E-state index contributed by atoms with van der Waals surface area (Å²) in [6, 6.07) is 10.3. The van der Waals surface area contributed by atoms with Gasteiger partial charge >= 0.3 is 0 Å². The van der Waals surface area contributed by atoms with Crippen molar-refractivity contribution in [3.05, 3.63) is 35.9 Å². The Morgan fingerprint density at radius 2 is 1.65 bits per heavy atom. The van der Waals surface area contributed by atoms with E-state index in [1.165, 1.54) is 5.56 Å². The number of benzene rings is 1. The number of hydrogen-bond donors (Lipinski definition) is 0. The Labute approximate surface area is 138 Å². The Kier molecular flexibility index (Phi) is 6.59. The first-order valence-corrected chi connectivity index (χ1v) is 8.39. The molecule has 0 aromatic heterocycles. The molecule has 0 atom stereocenters. The fourth-order valence-electron chi connectivity index (χ4n) is 2.87. The van der Waals surface area contributed by atoms with E-state index in [9.17, 15) is 9.59 Å². The summed E-state index contributed by atoms with van der Waals surface area (Å²) in [5.74, 6) is 0.289. The van der Waals surface area contributed by atoms with Gasteiger partial charge in [-0.15, -0.1) is 0 Å². The van der Waals surface area contributed by atoms with Gasteiger partial charge in [0.05, 0.1) is 0 Å². The summed E-state index contributed by atoms with van der Waals surface area (Å²) < 4.78 is 0. The summed E-state index contributed by atoms with van der Waals surface area (Å²) in [5, 5.41) is 0. The van der Waals surface area contributed by atoms with Crippen LogP contribution in [-0.4, -0.2) is 65.8 Å². The van der Waals surface area contributed by atoms with E-state index >= 15 is 0 Å². The molecule has 2 rings (SSSR count). The summed E-state index contributed by atoms with van der Waals surface area (Å²) in [7, 11) is 0. The quantitative estimate of drug-likeness (QED) is 0.800. The van der Waals surface area contributed by atoms with Crippen LogP contribution in [0.5, 0.6) is 0 Å². The highest BCUT2D eigenvalue weighted by Crippen LogP contribution is 2.08. The monoisotopic (exact) mass is 317 g/mol. The van der Waals surface area contributed by atoms with Crippen LogP contribution in [-0.2, 0) is 16.1 Å². The third kappa shape index (κ3) is 5.36. The van der Waals surface area contributed by atoms with Crippen LogP contribution in [0.4, 0.5) is 0 Å². The van der Waals surface area contributed by atoms with E-state index in [2.05, 4.69) is 24.0 Å². The molecule has 0 unspecified atom stereocenters. The smallest absolute Gasteiger partial charge is 0.223 e. The molecule has 0 N–H and O–H groups in total. The minimum absolute atomic E-state index is 0.0946. The molecule has 1 saturated heterocycles. The van der Waals surface area contributed by atoms with E-state index in [0.29, 0.717) is 32.6 Å². The van der Waals surface area contributed by atoms with Crippen LogP contribution in [0.15, 0.2) is 30.3 Å². The Bertz CT molecular complexity index is 510. The van der Waals surface area contributed by atoms with Gasteiger partial charge in [0.1, 0.15) is 0 Å². The largest absolute Gasteiger partial charge is 0.339 e. The first-order chi connectivity index (χ1) is 11.1. The van der Waals surface area contributed by atoms with Gasteiger partial charge in [-0.3, -0.25) is 14.5 Å². The molecule has 1 aliphatic heterocycles. The molecule has 1 aliphatic rings. The molecule has 0 saturated carbocycles. The number of piperazine rings is 1. The van der Waals surface area contributed by atoms with Gasteiger partial charge in [0.25, 0.3) is 0 Å². The average Bonchev–Trinajstić information content (AvgIpc) is 2.59. The molecule has 5 heteroatoms. The number of amides is 2. The van der Waals surface area contributed by atoms with Gasteiger partial charge in [0.15, 0.2) is 0 Å². The normalized spacial score (nSPS) is 15.1. The van der Waals surface area contributed by atoms with Crippen LogP contribution in [0.2, 0.25) is 0 Å². The number of nitrogens with zero attached hydrogens (tertiary/aromatic N) is 3. The van der Waals surface area contributed by atoms with Gasteiger partial charge in [-0.2, -0.15) is 0 Å². The molecule has 1 fully saturated rings. The molecular formula is C18H27N3O2. The summed E-state index contributed by atoms with van der Waals surface area (Å²) in [4.78, 5) is 29.6. The standard InChI is InChI=1S/C18H27N3O2/c1-3-19(15-17-7-5-4-6-8-17)10-9-18(23)21-13-11-20(12-14-21)16(2)22/h4-8H,3,9-15H2,1-2H3. The zero-order valence-corrected chi connectivity index (χ0v) is 14.2. The molecule has 1 aromatic rings. The Morgan fingerprint density at radius 1 is 1.04 bits per heavy atom. The van der Waals surface area contributed by atoms with E-state index in [1.54, 1.807) is 11.8 Å². The van der Waals surface area contributed by atoms with Crippen molar-refractivity contribution < 1.29 is 9.59 Å². The lowest BCUT2D eigenvalue weighted by molar-refractivity contribution is -0.138. The molecule has 0 bridgehead atoms. The molecule has 5 nitrogen and oxygen atoms in total. The Balaban J connectivity index is 1.75. The van der Waals surface area contributed by atoms with Gasteiger partial charge in [0, 0.05) is 52.6 Å².